The lowest BCUT2D eigenvalue weighted by molar-refractivity contribution is 0.0272. The van der Waals surface area contributed by atoms with Crippen molar-refractivity contribution in [2.45, 2.75) is 42.9 Å². The highest BCUT2D eigenvalue weighted by atomic mass is 32.2. The highest BCUT2D eigenvalue weighted by Crippen LogP contribution is 2.33. The van der Waals surface area contributed by atoms with E-state index in [0.29, 0.717) is 5.75 Å². The van der Waals surface area contributed by atoms with Crippen LogP contribution in [0.25, 0.3) is 10.7 Å². The summed E-state index contributed by atoms with van der Waals surface area (Å²) in [5.41, 5.74) is -0.521. The molecule has 1 aliphatic carbocycles. The fourth-order valence-corrected chi connectivity index (χ4v) is 4.00. The van der Waals surface area contributed by atoms with Crippen LogP contribution in [0, 0.1) is 0 Å². The number of thioether (sulfide) groups is 1. The number of aliphatic hydroxyl groups is 1. The van der Waals surface area contributed by atoms with Crippen molar-refractivity contribution in [2.75, 3.05) is 5.75 Å². The van der Waals surface area contributed by atoms with Gasteiger partial charge in [-0.1, -0.05) is 37.1 Å². The summed E-state index contributed by atoms with van der Waals surface area (Å²) in [4.78, 5) is 5.56. The summed E-state index contributed by atoms with van der Waals surface area (Å²) in [5.74, 6) is 1.50. The van der Waals surface area contributed by atoms with Crippen molar-refractivity contribution in [1.82, 2.24) is 15.2 Å². The number of aromatic amines is 1. The van der Waals surface area contributed by atoms with Crippen LogP contribution in [0.2, 0.25) is 0 Å². The standard InChI is InChI=1S/C13H17N3OS2/c17-13(6-2-1-3-7-13)9-19-12-14-11(15-16-12)10-5-4-8-18-10/h4-5,8,17H,1-3,6-7,9H2,(H,14,15,16). The number of nitrogens with zero attached hydrogens (tertiary/aromatic N) is 2. The molecule has 102 valence electrons. The third-order valence-corrected chi connectivity index (χ3v) is 5.47. The lowest BCUT2D eigenvalue weighted by Crippen LogP contribution is -2.34. The average Bonchev–Trinajstić information content (AvgIpc) is 3.08. The molecule has 0 aliphatic heterocycles. The third kappa shape index (κ3) is 3.19. The largest absolute Gasteiger partial charge is 0.389 e. The van der Waals surface area contributed by atoms with E-state index in [4.69, 9.17) is 0 Å². The first kappa shape index (κ1) is 13.1. The van der Waals surface area contributed by atoms with Crippen molar-refractivity contribution in [3.8, 4) is 10.7 Å². The molecule has 3 rings (SSSR count). The van der Waals surface area contributed by atoms with Crippen LogP contribution in [0.3, 0.4) is 0 Å². The van der Waals surface area contributed by atoms with Gasteiger partial charge in [0.15, 0.2) is 5.82 Å². The molecule has 2 N–H and O–H groups in total. The zero-order valence-corrected chi connectivity index (χ0v) is 12.3. The van der Waals surface area contributed by atoms with Gasteiger partial charge in [-0.3, -0.25) is 5.10 Å². The Morgan fingerprint density at radius 2 is 2.21 bits per heavy atom. The van der Waals surface area contributed by atoms with E-state index in [9.17, 15) is 5.11 Å². The Labute approximate surface area is 120 Å². The van der Waals surface area contributed by atoms with Crippen LogP contribution < -0.4 is 0 Å². The Kier molecular flexibility index (Phi) is 3.91. The molecule has 0 unspecified atom stereocenters. The number of hydrogen-bond donors (Lipinski definition) is 2. The monoisotopic (exact) mass is 295 g/mol. The molecule has 4 nitrogen and oxygen atoms in total. The minimum Gasteiger partial charge on any atom is -0.389 e. The van der Waals surface area contributed by atoms with Crippen molar-refractivity contribution in [1.29, 1.82) is 0 Å². The summed E-state index contributed by atoms with van der Waals surface area (Å²) >= 11 is 3.19. The quantitative estimate of drug-likeness (QED) is 0.849. The topological polar surface area (TPSA) is 61.8 Å². The zero-order chi connectivity index (χ0) is 13.1. The van der Waals surface area contributed by atoms with Gasteiger partial charge in [0.2, 0.25) is 5.16 Å². The number of H-pyrrole nitrogens is 1. The van der Waals surface area contributed by atoms with Crippen molar-refractivity contribution in [3.63, 3.8) is 0 Å². The van der Waals surface area contributed by atoms with Crippen LogP contribution in [-0.2, 0) is 0 Å². The maximum atomic E-state index is 10.4. The van der Waals surface area contributed by atoms with Gasteiger partial charge in [0, 0.05) is 5.75 Å². The van der Waals surface area contributed by atoms with Crippen LogP contribution in [-0.4, -0.2) is 31.6 Å². The van der Waals surface area contributed by atoms with E-state index in [-0.39, 0.29) is 0 Å². The number of aromatic nitrogens is 3. The Morgan fingerprint density at radius 3 is 2.95 bits per heavy atom. The predicted molar refractivity (Wildman–Crippen MR) is 78.5 cm³/mol. The van der Waals surface area contributed by atoms with E-state index < -0.39 is 5.60 Å². The highest BCUT2D eigenvalue weighted by molar-refractivity contribution is 7.99. The van der Waals surface area contributed by atoms with Crippen molar-refractivity contribution < 1.29 is 5.11 Å². The molecule has 2 aromatic rings. The Bertz CT molecular complexity index is 518. The molecule has 2 heterocycles. The maximum absolute atomic E-state index is 10.4. The fourth-order valence-electron chi connectivity index (χ4n) is 2.39. The van der Waals surface area contributed by atoms with Gasteiger partial charge in [-0.25, -0.2) is 4.98 Å². The van der Waals surface area contributed by atoms with Gasteiger partial charge in [-0.2, -0.15) is 0 Å². The average molecular weight is 295 g/mol. The Morgan fingerprint density at radius 1 is 1.37 bits per heavy atom. The molecule has 1 aliphatic rings. The SMILES string of the molecule is OC1(CSc2n[nH]c(-c3cccs3)n2)CCCCC1. The van der Waals surface area contributed by atoms with E-state index in [2.05, 4.69) is 15.2 Å². The maximum Gasteiger partial charge on any atom is 0.208 e. The van der Waals surface area contributed by atoms with Gasteiger partial charge < -0.3 is 5.11 Å². The summed E-state index contributed by atoms with van der Waals surface area (Å²) in [6.07, 6.45) is 5.32. The minimum absolute atomic E-state index is 0.521. The molecule has 0 bridgehead atoms. The van der Waals surface area contributed by atoms with Crippen molar-refractivity contribution in [2.24, 2.45) is 0 Å². The first-order valence-corrected chi connectivity index (χ1v) is 8.43. The second kappa shape index (κ2) is 5.64. The number of hydrogen-bond acceptors (Lipinski definition) is 5. The molecule has 1 fully saturated rings. The second-order valence-corrected chi connectivity index (χ2v) is 6.91. The fraction of sp³-hybridized carbons (Fsp3) is 0.538. The first-order valence-electron chi connectivity index (χ1n) is 6.57. The van der Waals surface area contributed by atoms with Crippen LogP contribution in [0.15, 0.2) is 22.7 Å². The minimum atomic E-state index is -0.521. The van der Waals surface area contributed by atoms with Crippen LogP contribution in [0.1, 0.15) is 32.1 Å². The molecule has 0 aromatic carbocycles. The first-order chi connectivity index (χ1) is 9.25. The number of nitrogens with one attached hydrogen (secondary N) is 1. The van der Waals surface area contributed by atoms with Gasteiger partial charge in [0.25, 0.3) is 0 Å². The summed E-state index contributed by atoms with van der Waals surface area (Å²) in [6, 6.07) is 4.02. The molecule has 0 atom stereocenters. The molecule has 19 heavy (non-hydrogen) atoms. The van der Waals surface area contributed by atoms with Gasteiger partial charge in [-0.15, -0.1) is 16.4 Å². The molecule has 0 spiro atoms. The number of thiophene rings is 1. The van der Waals surface area contributed by atoms with E-state index >= 15 is 0 Å². The van der Waals surface area contributed by atoms with Crippen LogP contribution in [0.4, 0.5) is 0 Å². The zero-order valence-electron chi connectivity index (χ0n) is 10.6. The molecule has 0 radical (unpaired) electrons. The van der Waals surface area contributed by atoms with Gasteiger partial charge in [0.05, 0.1) is 10.5 Å². The molecule has 0 amide bonds. The molecule has 6 heteroatoms. The Balaban J connectivity index is 1.61. The second-order valence-electron chi connectivity index (χ2n) is 5.02. The smallest absolute Gasteiger partial charge is 0.208 e. The molecular formula is C13H17N3OS2. The van der Waals surface area contributed by atoms with Gasteiger partial charge in [-0.05, 0) is 24.3 Å². The van der Waals surface area contributed by atoms with E-state index in [1.165, 1.54) is 6.42 Å². The molecule has 2 aromatic heterocycles. The van der Waals surface area contributed by atoms with E-state index in [1.807, 2.05) is 17.5 Å². The van der Waals surface area contributed by atoms with Crippen molar-refractivity contribution >= 4 is 23.1 Å². The number of rotatable bonds is 4. The highest BCUT2D eigenvalue weighted by Gasteiger charge is 2.29. The van der Waals surface area contributed by atoms with Gasteiger partial charge >= 0.3 is 0 Å². The molecule has 1 saturated carbocycles. The van der Waals surface area contributed by atoms with E-state index in [0.717, 1.165) is 41.5 Å². The van der Waals surface area contributed by atoms with Crippen molar-refractivity contribution in [3.05, 3.63) is 17.5 Å². The van der Waals surface area contributed by atoms with E-state index in [1.54, 1.807) is 23.1 Å². The summed E-state index contributed by atoms with van der Waals surface area (Å²) in [5, 5.41) is 20.4. The normalized spacial score (nSPS) is 18.6. The van der Waals surface area contributed by atoms with Crippen LogP contribution >= 0.6 is 23.1 Å². The predicted octanol–water partition coefficient (Wildman–Crippen LogP) is 3.32. The van der Waals surface area contributed by atoms with Gasteiger partial charge in [0.1, 0.15) is 0 Å². The summed E-state index contributed by atoms with van der Waals surface area (Å²) < 4.78 is 0. The lowest BCUT2D eigenvalue weighted by atomic mass is 9.86. The van der Waals surface area contributed by atoms with Crippen LogP contribution in [0.5, 0.6) is 0 Å². The Hall–Kier alpha value is -0.850. The lowest BCUT2D eigenvalue weighted by Gasteiger charge is -2.31. The summed E-state index contributed by atoms with van der Waals surface area (Å²) in [7, 11) is 0. The third-order valence-electron chi connectivity index (χ3n) is 3.47. The molecular weight excluding hydrogens is 278 g/mol. The summed E-state index contributed by atoms with van der Waals surface area (Å²) in [6.45, 7) is 0. The molecule has 0 saturated heterocycles.